The molecule has 2 heterocycles. The lowest BCUT2D eigenvalue weighted by Gasteiger charge is -2.11. The summed E-state index contributed by atoms with van der Waals surface area (Å²) in [6, 6.07) is 4.29. The number of nitrogen functional groups attached to an aromatic ring is 1. The molecular weight excluding hydrogens is 377 g/mol. The van der Waals surface area contributed by atoms with Crippen molar-refractivity contribution in [2.45, 2.75) is 27.2 Å². The van der Waals surface area contributed by atoms with Gasteiger partial charge >= 0.3 is 0 Å². The number of rotatable bonds is 6. The van der Waals surface area contributed by atoms with Crippen molar-refractivity contribution in [3.05, 3.63) is 52.1 Å². The van der Waals surface area contributed by atoms with Crippen molar-refractivity contribution in [2.24, 2.45) is 0 Å². The number of benzene rings is 1. The second kappa shape index (κ2) is 8.21. The molecule has 0 atom stereocenters. The van der Waals surface area contributed by atoms with Crippen molar-refractivity contribution < 1.29 is 14.0 Å². The first kappa shape index (κ1) is 20.2. The van der Waals surface area contributed by atoms with Gasteiger partial charge in [0.1, 0.15) is 5.82 Å². The van der Waals surface area contributed by atoms with E-state index >= 15 is 0 Å². The van der Waals surface area contributed by atoms with Gasteiger partial charge in [0.15, 0.2) is 0 Å². The Morgan fingerprint density at radius 1 is 1.14 bits per heavy atom. The van der Waals surface area contributed by atoms with Gasteiger partial charge < -0.3 is 16.4 Å². The highest BCUT2D eigenvalue weighted by Gasteiger charge is 2.15. The SMILES string of the molecule is Cc1ccc(C(=O)NCCNC(=O)Cc2c(C)nc3nc(N)nn3c2C)cc1F. The topological polar surface area (TPSA) is 127 Å². The summed E-state index contributed by atoms with van der Waals surface area (Å²) in [4.78, 5) is 32.7. The maximum atomic E-state index is 13.5. The smallest absolute Gasteiger partial charge is 0.254 e. The van der Waals surface area contributed by atoms with Crippen LogP contribution in [0.3, 0.4) is 0 Å². The Labute approximate surface area is 166 Å². The van der Waals surface area contributed by atoms with Gasteiger partial charge in [0.05, 0.1) is 6.42 Å². The van der Waals surface area contributed by atoms with Crippen LogP contribution in [0.1, 0.15) is 32.9 Å². The van der Waals surface area contributed by atoms with Crippen LogP contribution in [-0.4, -0.2) is 44.5 Å². The van der Waals surface area contributed by atoms with Gasteiger partial charge in [0, 0.05) is 35.6 Å². The largest absolute Gasteiger partial charge is 0.366 e. The first-order valence-corrected chi connectivity index (χ1v) is 9.05. The summed E-state index contributed by atoms with van der Waals surface area (Å²) in [6.45, 7) is 5.69. The first-order valence-electron chi connectivity index (χ1n) is 9.05. The molecule has 2 amide bonds. The number of nitrogens with zero attached hydrogens (tertiary/aromatic N) is 4. The molecule has 152 valence electrons. The number of anilines is 1. The van der Waals surface area contributed by atoms with Gasteiger partial charge in [0.2, 0.25) is 11.9 Å². The van der Waals surface area contributed by atoms with Gasteiger partial charge in [-0.15, -0.1) is 5.10 Å². The van der Waals surface area contributed by atoms with Gasteiger partial charge in [-0.25, -0.2) is 9.37 Å². The summed E-state index contributed by atoms with van der Waals surface area (Å²) < 4.78 is 15.1. The number of carbonyl (C=O) groups excluding carboxylic acids is 2. The molecule has 0 aliphatic heterocycles. The van der Waals surface area contributed by atoms with Crippen molar-refractivity contribution in [3.63, 3.8) is 0 Å². The number of halogens is 1. The average molecular weight is 399 g/mol. The van der Waals surface area contributed by atoms with Crippen LogP contribution >= 0.6 is 0 Å². The van der Waals surface area contributed by atoms with Gasteiger partial charge in [0.25, 0.3) is 11.7 Å². The lowest BCUT2D eigenvalue weighted by atomic mass is 10.1. The van der Waals surface area contributed by atoms with E-state index < -0.39 is 11.7 Å². The Morgan fingerprint density at radius 3 is 2.59 bits per heavy atom. The van der Waals surface area contributed by atoms with E-state index in [1.165, 1.54) is 10.6 Å². The molecule has 29 heavy (non-hydrogen) atoms. The fourth-order valence-corrected chi connectivity index (χ4v) is 2.92. The number of aryl methyl sites for hydroxylation is 3. The minimum absolute atomic E-state index is 0.109. The highest BCUT2D eigenvalue weighted by molar-refractivity contribution is 5.94. The van der Waals surface area contributed by atoms with Crippen molar-refractivity contribution in [2.75, 3.05) is 18.8 Å². The second-order valence-electron chi connectivity index (χ2n) is 6.69. The zero-order valence-electron chi connectivity index (χ0n) is 16.4. The van der Waals surface area contributed by atoms with Gasteiger partial charge in [-0.1, -0.05) is 6.07 Å². The third-order valence-corrected chi connectivity index (χ3v) is 4.57. The molecule has 0 fully saturated rings. The number of nitrogens with one attached hydrogen (secondary N) is 2. The van der Waals surface area contributed by atoms with Gasteiger partial charge in [-0.05, 0) is 38.5 Å². The number of nitrogens with two attached hydrogens (primary N) is 1. The summed E-state index contributed by atoms with van der Waals surface area (Å²) in [5.41, 5.74) is 8.46. The zero-order valence-corrected chi connectivity index (χ0v) is 16.4. The summed E-state index contributed by atoms with van der Waals surface area (Å²) in [5.74, 6) is -0.552. The Hall–Kier alpha value is -3.56. The van der Waals surface area contributed by atoms with Crippen molar-refractivity contribution >= 4 is 23.5 Å². The van der Waals surface area contributed by atoms with E-state index in [2.05, 4.69) is 25.7 Å². The molecule has 3 rings (SSSR count). The van der Waals surface area contributed by atoms with Crippen molar-refractivity contribution in [1.29, 1.82) is 0 Å². The highest BCUT2D eigenvalue weighted by atomic mass is 19.1. The summed E-state index contributed by atoms with van der Waals surface area (Å²) in [6.07, 6.45) is 0.109. The van der Waals surface area contributed by atoms with E-state index in [-0.39, 0.29) is 36.9 Å². The predicted octanol–water partition coefficient (Wildman–Crippen LogP) is 0.860. The van der Waals surface area contributed by atoms with Crippen LogP contribution < -0.4 is 16.4 Å². The van der Waals surface area contributed by atoms with E-state index in [1.807, 2.05) is 6.92 Å². The monoisotopic (exact) mass is 399 g/mol. The minimum Gasteiger partial charge on any atom is -0.366 e. The maximum absolute atomic E-state index is 13.5. The first-order chi connectivity index (χ1) is 13.8. The lowest BCUT2D eigenvalue weighted by molar-refractivity contribution is -0.120. The molecule has 0 saturated carbocycles. The van der Waals surface area contributed by atoms with Crippen LogP contribution in [-0.2, 0) is 11.2 Å². The number of hydrogen-bond donors (Lipinski definition) is 3. The predicted molar refractivity (Wildman–Crippen MR) is 105 cm³/mol. The lowest BCUT2D eigenvalue weighted by Crippen LogP contribution is -2.35. The van der Waals surface area contributed by atoms with E-state index in [0.29, 0.717) is 17.0 Å². The third-order valence-electron chi connectivity index (χ3n) is 4.57. The van der Waals surface area contributed by atoms with Crippen LogP contribution in [0.25, 0.3) is 5.78 Å². The van der Waals surface area contributed by atoms with E-state index in [4.69, 9.17) is 5.73 Å². The molecule has 0 unspecified atom stereocenters. The molecule has 9 nitrogen and oxygen atoms in total. The molecule has 3 aromatic rings. The number of fused-ring (bicyclic) bond motifs is 1. The van der Waals surface area contributed by atoms with Crippen LogP contribution in [0.2, 0.25) is 0 Å². The normalized spacial score (nSPS) is 10.9. The minimum atomic E-state index is -0.434. The number of hydrogen-bond acceptors (Lipinski definition) is 6. The van der Waals surface area contributed by atoms with Crippen molar-refractivity contribution in [1.82, 2.24) is 30.2 Å². The molecule has 0 bridgehead atoms. The van der Waals surface area contributed by atoms with Crippen LogP contribution in [0.15, 0.2) is 18.2 Å². The summed E-state index contributed by atoms with van der Waals surface area (Å²) in [5, 5.41) is 9.46. The Morgan fingerprint density at radius 2 is 1.86 bits per heavy atom. The summed E-state index contributed by atoms with van der Waals surface area (Å²) in [7, 11) is 0. The molecule has 1 aromatic carbocycles. The Balaban J connectivity index is 1.53. The molecule has 0 aliphatic rings. The van der Waals surface area contributed by atoms with Crippen LogP contribution in [0, 0.1) is 26.6 Å². The molecule has 0 aliphatic carbocycles. The van der Waals surface area contributed by atoms with Gasteiger partial charge in [-0.2, -0.15) is 9.50 Å². The molecule has 0 spiro atoms. The van der Waals surface area contributed by atoms with Crippen LogP contribution in [0.5, 0.6) is 0 Å². The van der Waals surface area contributed by atoms with Crippen molar-refractivity contribution in [3.8, 4) is 0 Å². The second-order valence-corrected chi connectivity index (χ2v) is 6.69. The van der Waals surface area contributed by atoms with E-state index in [1.54, 1.807) is 26.0 Å². The quantitative estimate of drug-likeness (QED) is 0.528. The number of carbonyl (C=O) groups is 2. The third kappa shape index (κ3) is 4.48. The fraction of sp³-hybridized carbons (Fsp3) is 0.316. The maximum Gasteiger partial charge on any atom is 0.254 e. The molecule has 10 heteroatoms. The fourth-order valence-electron chi connectivity index (χ4n) is 2.92. The van der Waals surface area contributed by atoms with E-state index in [9.17, 15) is 14.0 Å². The number of aromatic nitrogens is 4. The van der Waals surface area contributed by atoms with Crippen LogP contribution in [0.4, 0.5) is 10.3 Å². The average Bonchev–Trinajstić information content (AvgIpc) is 3.04. The molecular formula is C19H22FN7O2. The molecule has 4 N–H and O–H groups in total. The summed E-state index contributed by atoms with van der Waals surface area (Å²) >= 11 is 0. The zero-order chi connectivity index (χ0) is 21.1. The molecule has 0 radical (unpaired) electrons. The highest BCUT2D eigenvalue weighted by Crippen LogP contribution is 2.14. The standard InChI is InChI=1S/C19H22FN7O2/c1-10-4-5-13(8-15(10)20)17(29)23-7-6-22-16(28)9-14-11(2)24-19-25-18(21)26-27(19)12(14)3/h4-5,8H,6-7,9H2,1-3H3,(H2,21,26)(H,22,28)(H,23,29). The Kier molecular flexibility index (Phi) is 5.71. The molecule has 0 saturated heterocycles. The van der Waals surface area contributed by atoms with E-state index in [0.717, 1.165) is 11.3 Å². The number of amides is 2. The van der Waals surface area contributed by atoms with Gasteiger partial charge in [-0.3, -0.25) is 9.59 Å². The Bertz CT molecular complexity index is 1090. The molecule has 2 aromatic heterocycles.